The number of nitrogens with zero attached hydrogens (tertiary/aromatic N) is 2. The van der Waals surface area contributed by atoms with Crippen molar-refractivity contribution in [1.82, 2.24) is 14.9 Å². The molecular weight excluding hydrogens is 234 g/mol. The lowest BCUT2D eigenvalue weighted by atomic mass is 9.83. The summed E-state index contributed by atoms with van der Waals surface area (Å²) in [5.41, 5.74) is 0. The van der Waals surface area contributed by atoms with Crippen LogP contribution in [0.5, 0.6) is 0 Å². The Hall–Kier alpha value is -0.830. The second-order valence-electron chi connectivity index (χ2n) is 5.92. The Morgan fingerprint density at radius 3 is 3.00 bits per heavy atom. The van der Waals surface area contributed by atoms with Crippen LogP contribution in [0.2, 0.25) is 0 Å². The van der Waals surface area contributed by atoms with Crippen molar-refractivity contribution in [3.8, 4) is 0 Å². The van der Waals surface area contributed by atoms with Crippen LogP contribution in [0.15, 0.2) is 12.4 Å². The zero-order valence-corrected chi connectivity index (χ0v) is 12.6. The van der Waals surface area contributed by atoms with E-state index in [2.05, 4.69) is 34.9 Å². The van der Waals surface area contributed by atoms with Gasteiger partial charge in [-0.15, -0.1) is 0 Å². The lowest BCUT2D eigenvalue weighted by Gasteiger charge is -2.29. The first-order valence-electron chi connectivity index (χ1n) is 8.06. The molecule has 0 aromatic carbocycles. The molecule has 2 unspecified atom stereocenters. The number of aromatic nitrogens is 2. The van der Waals surface area contributed by atoms with Crippen molar-refractivity contribution in [3.05, 3.63) is 18.2 Å². The van der Waals surface area contributed by atoms with Gasteiger partial charge in [0, 0.05) is 31.4 Å². The van der Waals surface area contributed by atoms with Crippen LogP contribution in [0.25, 0.3) is 0 Å². The standard InChI is InChI=1S/C16H29N3/c1-3-8-17-15-7-5-6-14(12-15)13-16-18-9-11-19(16)10-4-2/h9,11,14-15,17H,3-8,10,12-13H2,1-2H3. The molecule has 1 saturated carbocycles. The van der Waals surface area contributed by atoms with Gasteiger partial charge in [0.05, 0.1) is 0 Å². The summed E-state index contributed by atoms with van der Waals surface area (Å²) in [7, 11) is 0. The molecule has 0 aliphatic heterocycles. The summed E-state index contributed by atoms with van der Waals surface area (Å²) in [6.45, 7) is 6.76. The van der Waals surface area contributed by atoms with E-state index in [1.54, 1.807) is 0 Å². The average molecular weight is 263 g/mol. The molecule has 2 rings (SSSR count). The number of hydrogen-bond donors (Lipinski definition) is 1. The molecular formula is C16H29N3. The highest BCUT2D eigenvalue weighted by Gasteiger charge is 2.22. The second-order valence-corrected chi connectivity index (χ2v) is 5.92. The van der Waals surface area contributed by atoms with E-state index in [0.29, 0.717) is 0 Å². The van der Waals surface area contributed by atoms with Gasteiger partial charge >= 0.3 is 0 Å². The van der Waals surface area contributed by atoms with E-state index in [1.807, 2.05) is 6.20 Å². The van der Waals surface area contributed by atoms with Crippen molar-refractivity contribution in [1.29, 1.82) is 0 Å². The van der Waals surface area contributed by atoms with Gasteiger partial charge in [0.15, 0.2) is 0 Å². The Morgan fingerprint density at radius 2 is 2.21 bits per heavy atom. The van der Waals surface area contributed by atoms with E-state index in [1.165, 1.54) is 50.9 Å². The molecule has 1 aliphatic carbocycles. The normalized spacial score (nSPS) is 23.7. The topological polar surface area (TPSA) is 29.9 Å². The maximum Gasteiger partial charge on any atom is 0.108 e. The third kappa shape index (κ3) is 4.34. The smallest absolute Gasteiger partial charge is 0.108 e. The summed E-state index contributed by atoms with van der Waals surface area (Å²) >= 11 is 0. The van der Waals surface area contributed by atoms with E-state index in [0.717, 1.165) is 24.9 Å². The SMILES string of the molecule is CCCNC1CCCC(Cc2nccn2CCC)C1. The third-order valence-electron chi connectivity index (χ3n) is 4.20. The summed E-state index contributed by atoms with van der Waals surface area (Å²) < 4.78 is 2.34. The van der Waals surface area contributed by atoms with Crippen molar-refractivity contribution in [2.45, 2.75) is 71.4 Å². The molecule has 108 valence electrons. The number of imidazole rings is 1. The number of hydrogen-bond acceptors (Lipinski definition) is 2. The van der Waals surface area contributed by atoms with Crippen LogP contribution < -0.4 is 5.32 Å². The van der Waals surface area contributed by atoms with Gasteiger partial charge in [-0.2, -0.15) is 0 Å². The molecule has 1 heterocycles. The fraction of sp³-hybridized carbons (Fsp3) is 0.812. The highest BCUT2D eigenvalue weighted by Crippen LogP contribution is 2.27. The Bertz CT molecular complexity index is 359. The van der Waals surface area contributed by atoms with Crippen molar-refractivity contribution >= 4 is 0 Å². The summed E-state index contributed by atoms with van der Waals surface area (Å²) in [6.07, 6.45) is 13.1. The molecule has 1 fully saturated rings. The number of aryl methyl sites for hydroxylation is 1. The van der Waals surface area contributed by atoms with E-state index in [4.69, 9.17) is 0 Å². The molecule has 0 radical (unpaired) electrons. The lowest BCUT2D eigenvalue weighted by molar-refractivity contribution is 0.279. The van der Waals surface area contributed by atoms with Crippen molar-refractivity contribution in [3.63, 3.8) is 0 Å². The maximum absolute atomic E-state index is 4.56. The monoisotopic (exact) mass is 263 g/mol. The fourth-order valence-electron chi connectivity index (χ4n) is 3.24. The van der Waals surface area contributed by atoms with E-state index < -0.39 is 0 Å². The predicted octanol–water partition coefficient (Wildman–Crippen LogP) is 3.39. The molecule has 2 atom stereocenters. The maximum atomic E-state index is 4.56. The minimum absolute atomic E-state index is 0.744. The largest absolute Gasteiger partial charge is 0.335 e. The molecule has 1 aliphatic rings. The molecule has 0 amide bonds. The minimum Gasteiger partial charge on any atom is -0.335 e. The van der Waals surface area contributed by atoms with E-state index in [9.17, 15) is 0 Å². The molecule has 0 saturated heterocycles. The summed E-state index contributed by atoms with van der Waals surface area (Å²) in [6, 6.07) is 0.744. The van der Waals surface area contributed by atoms with Gasteiger partial charge in [0.1, 0.15) is 5.82 Å². The third-order valence-corrected chi connectivity index (χ3v) is 4.20. The number of rotatable bonds is 7. The van der Waals surface area contributed by atoms with Gasteiger partial charge in [0.25, 0.3) is 0 Å². The van der Waals surface area contributed by atoms with Crippen LogP contribution in [-0.2, 0) is 13.0 Å². The van der Waals surface area contributed by atoms with Gasteiger partial charge in [-0.3, -0.25) is 0 Å². The molecule has 3 nitrogen and oxygen atoms in total. The van der Waals surface area contributed by atoms with Crippen LogP contribution in [0, 0.1) is 5.92 Å². The first-order valence-corrected chi connectivity index (χ1v) is 8.06. The van der Waals surface area contributed by atoms with Crippen molar-refractivity contribution < 1.29 is 0 Å². The van der Waals surface area contributed by atoms with Gasteiger partial charge in [0.2, 0.25) is 0 Å². The van der Waals surface area contributed by atoms with Gasteiger partial charge in [-0.25, -0.2) is 4.98 Å². The van der Waals surface area contributed by atoms with E-state index >= 15 is 0 Å². The molecule has 3 heteroatoms. The average Bonchev–Trinajstić information content (AvgIpc) is 2.85. The molecule has 1 aromatic heterocycles. The summed E-state index contributed by atoms with van der Waals surface area (Å²) in [4.78, 5) is 4.56. The van der Waals surface area contributed by atoms with Gasteiger partial charge in [-0.1, -0.05) is 20.3 Å². The van der Waals surface area contributed by atoms with Crippen LogP contribution in [0.3, 0.4) is 0 Å². The summed E-state index contributed by atoms with van der Waals surface area (Å²) in [5, 5.41) is 3.69. The molecule has 1 N–H and O–H groups in total. The van der Waals surface area contributed by atoms with Crippen LogP contribution >= 0.6 is 0 Å². The minimum atomic E-state index is 0.744. The van der Waals surface area contributed by atoms with Crippen molar-refractivity contribution in [2.75, 3.05) is 6.54 Å². The first-order chi connectivity index (χ1) is 9.33. The first kappa shape index (κ1) is 14.6. The van der Waals surface area contributed by atoms with Crippen LogP contribution in [0.1, 0.15) is 58.2 Å². The Labute approximate surface area is 117 Å². The molecule has 1 aromatic rings. The number of nitrogens with one attached hydrogen (secondary N) is 1. The van der Waals surface area contributed by atoms with Crippen LogP contribution in [0.4, 0.5) is 0 Å². The Balaban J connectivity index is 1.85. The van der Waals surface area contributed by atoms with Gasteiger partial charge < -0.3 is 9.88 Å². The quantitative estimate of drug-likeness (QED) is 0.817. The predicted molar refractivity (Wildman–Crippen MR) is 80.3 cm³/mol. The highest BCUT2D eigenvalue weighted by atomic mass is 15.1. The van der Waals surface area contributed by atoms with E-state index in [-0.39, 0.29) is 0 Å². The Morgan fingerprint density at radius 1 is 1.32 bits per heavy atom. The Kier molecular flexibility index (Phi) is 5.90. The lowest BCUT2D eigenvalue weighted by Crippen LogP contribution is -2.35. The van der Waals surface area contributed by atoms with Crippen molar-refractivity contribution in [2.24, 2.45) is 5.92 Å². The zero-order valence-electron chi connectivity index (χ0n) is 12.6. The van der Waals surface area contributed by atoms with Crippen LogP contribution in [-0.4, -0.2) is 22.1 Å². The molecule has 0 bridgehead atoms. The second kappa shape index (κ2) is 7.68. The molecule has 0 spiro atoms. The summed E-state index contributed by atoms with van der Waals surface area (Å²) in [5.74, 6) is 2.11. The molecule has 19 heavy (non-hydrogen) atoms. The van der Waals surface area contributed by atoms with Gasteiger partial charge in [-0.05, 0) is 44.6 Å². The fourth-order valence-corrected chi connectivity index (χ4v) is 3.24. The zero-order chi connectivity index (χ0) is 13.5. The highest BCUT2D eigenvalue weighted by molar-refractivity contribution is 4.95.